The number of carbonyl (C=O) groups is 2. The third kappa shape index (κ3) is 5.52. The lowest BCUT2D eigenvalue weighted by atomic mass is 10.0. The van der Waals surface area contributed by atoms with Gasteiger partial charge in [-0.3, -0.25) is 4.79 Å². The highest BCUT2D eigenvalue weighted by Gasteiger charge is 2.35. The molecule has 0 atom stereocenters. The van der Waals surface area contributed by atoms with Crippen LogP contribution in [0.3, 0.4) is 0 Å². The summed E-state index contributed by atoms with van der Waals surface area (Å²) in [7, 11) is 0. The Balaban J connectivity index is 2.94. The molecule has 0 saturated heterocycles. The van der Waals surface area contributed by atoms with Crippen molar-refractivity contribution < 1.29 is 27.9 Å². The summed E-state index contributed by atoms with van der Waals surface area (Å²) >= 11 is 1.08. The van der Waals surface area contributed by atoms with Crippen LogP contribution in [0.1, 0.15) is 34.8 Å². The van der Waals surface area contributed by atoms with Crippen LogP contribution in [0.25, 0.3) is 0 Å². The van der Waals surface area contributed by atoms with E-state index in [1.54, 1.807) is 0 Å². The molecule has 0 aliphatic rings. The Kier molecular flexibility index (Phi) is 5.85. The maximum absolute atomic E-state index is 12.8. The highest BCUT2D eigenvalue weighted by atomic mass is 32.2. The van der Waals surface area contributed by atoms with Gasteiger partial charge in [0.1, 0.15) is 0 Å². The first kappa shape index (κ1) is 17.1. The topological polar surface area (TPSA) is 54.4 Å². The Morgan fingerprint density at radius 3 is 2.52 bits per heavy atom. The van der Waals surface area contributed by atoms with Crippen LogP contribution in [0.5, 0.6) is 0 Å². The smallest absolute Gasteiger partial charge is 0.417 e. The minimum Gasteiger partial charge on any atom is -0.478 e. The van der Waals surface area contributed by atoms with Crippen molar-refractivity contribution in [2.45, 2.75) is 19.5 Å². The van der Waals surface area contributed by atoms with Gasteiger partial charge in [-0.25, -0.2) is 4.79 Å². The van der Waals surface area contributed by atoms with Crippen LogP contribution in [0.15, 0.2) is 18.2 Å². The normalized spacial score (nSPS) is 10.7. The van der Waals surface area contributed by atoms with Gasteiger partial charge in [0.2, 0.25) is 0 Å². The Bertz CT molecular complexity index is 612. The maximum atomic E-state index is 12.8. The van der Waals surface area contributed by atoms with Gasteiger partial charge in [0.25, 0.3) is 0 Å². The molecule has 0 spiro atoms. The lowest BCUT2D eigenvalue weighted by Gasteiger charge is -2.10. The fourth-order valence-corrected chi connectivity index (χ4v) is 1.94. The molecule has 0 fully saturated rings. The molecule has 1 aromatic rings. The number of aromatic carboxylic acids is 1. The Hall–Kier alpha value is -1.94. The summed E-state index contributed by atoms with van der Waals surface area (Å²) in [5.74, 6) is 4.00. The highest BCUT2D eigenvalue weighted by Crippen LogP contribution is 2.32. The molecule has 0 amide bonds. The number of hydrogen-bond acceptors (Lipinski definition) is 3. The molecule has 1 N–H and O–H groups in total. The van der Waals surface area contributed by atoms with E-state index in [2.05, 4.69) is 11.8 Å². The van der Waals surface area contributed by atoms with Crippen molar-refractivity contribution in [3.05, 3.63) is 34.9 Å². The van der Waals surface area contributed by atoms with E-state index in [0.29, 0.717) is 18.2 Å². The number of carboxylic acids is 1. The zero-order chi connectivity index (χ0) is 16.0. The largest absolute Gasteiger partial charge is 0.478 e. The predicted molar refractivity (Wildman–Crippen MR) is 73.0 cm³/mol. The average molecular weight is 316 g/mol. The summed E-state index contributed by atoms with van der Waals surface area (Å²) in [5.41, 5.74) is -1.94. The fraction of sp³-hybridized carbons (Fsp3) is 0.286. The summed E-state index contributed by atoms with van der Waals surface area (Å²) in [5, 5.41) is 8.69. The number of thioether (sulfide) groups is 1. The Labute approximate surface area is 123 Å². The monoisotopic (exact) mass is 316 g/mol. The van der Waals surface area contributed by atoms with E-state index in [4.69, 9.17) is 5.11 Å². The molecule has 1 rings (SSSR count). The molecule has 7 heteroatoms. The second-order valence-electron chi connectivity index (χ2n) is 3.96. The van der Waals surface area contributed by atoms with Gasteiger partial charge in [-0.2, -0.15) is 13.2 Å². The van der Waals surface area contributed by atoms with Crippen LogP contribution in [0.2, 0.25) is 0 Å². The molecule has 0 radical (unpaired) electrons. The number of alkyl halides is 3. The molecular weight excluding hydrogens is 305 g/mol. The Morgan fingerprint density at radius 1 is 1.33 bits per heavy atom. The van der Waals surface area contributed by atoms with Crippen molar-refractivity contribution in [3.63, 3.8) is 0 Å². The number of carboxylic acid groups (broad SMARTS) is 1. The van der Waals surface area contributed by atoms with Gasteiger partial charge in [-0.1, -0.05) is 23.6 Å². The van der Waals surface area contributed by atoms with E-state index in [1.165, 1.54) is 13.0 Å². The summed E-state index contributed by atoms with van der Waals surface area (Å²) < 4.78 is 38.3. The van der Waals surface area contributed by atoms with Gasteiger partial charge in [0.15, 0.2) is 5.12 Å². The van der Waals surface area contributed by atoms with E-state index in [0.717, 1.165) is 17.8 Å². The van der Waals surface area contributed by atoms with Gasteiger partial charge >= 0.3 is 12.1 Å². The zero-order valence-corrected chi connectivity index (χ0v) is 11.8. The van der Waals surface area contributed by atoms with Gasteiger partial charge in [-0.05, 0) is 18.2 Å². The molecule has 112 valence electrons. The predicted octanol–water partition coefficient (Wildman–Crippen LogP) is 3.42. The minimum atomic E-state index is -4.75. The molecule has 0 heterocycles. The van der Waals surface area contributed by atoms with Crippen molar-refractivity contribution in [1.82, 2.24) is 0 Å². The van der Waals surface area contributed by atoms with Crippen LogP contribution >= 0.6 is 11.8 Å². The number of rotatable bonds is 3. The molecule has 21 heavy (non-hydrogen) atoms. The quantitative estimate of drug-likeness (QED) is 0.686. The van der Waals surface area contributed by atoms with Crippen LogP contribution in [0, 0.1) is 11.8 Å². The SMILES string of the molecule is CC(=O)SCCC#Cc1ccc(C(=O)O)c(C(F)(F)F)c1. The average Bonchev–Trinajstić information content (AvgIpc) is 2.36. The third-order valence-corrected chi connectivity index (χ3v) is 3.14. The van der Waals surface area contributed by atoms with Crippen LogP contribution in [0.4, 0.5) is 13.2 Å². The lowest BCUT2D eigenvalue weighted by molar-refractivity contribution is -0.138. The molecule has 0 aliphatic heterocycles. The first-order valence-corrected chi connectivity index (χ1v) is 6.77. The lowest BCUT2D eigenvalue weighted by Crippen LogP contribution is -2.13. The van der Waals surface area contributed by atoms with Gasteiger partial charge in [0, 0.05) is 24.7 Å². The molecule has 0 unspecified atom stereocenters. The molecular formula is C14H11F3O3S. The molecule has 0 aliphatic carbocycles. The van der Waals surface area contributed by atoms with E-state index in [9.17, 15) is 22.8 Å². The summed E-state index contributed by atoms with van der Waals surface area (Å²) in [6.07, 6.45) is -4.40. The maximum Gasteiger partial charge on any atom is 0.417 e. The van der Waals surface area contributed by atoms with Crippen LogP contribution < -0.4 is 0 Å². The van der Waals surface area contributed by atoms with Gasteiger partial charge in [-0.15, -0.1) is 0 Å². The standard InChI is InChI=1S/C14H11F3O3S/c1-9(18)21-7-3-2-4-10-5-6-11(13(19)20)12(8-10)14(15,16)17/h5-6,8H,3,7H2,1H3,(H,19,20). The summed E-state index contributed by atoms with van der Waals surface area (Å²) in [6.45, 7) is 1.42. The molecule has 3 nitrogen and oxygen atoms in total. The van der Waals surface area contributed by atoms with Crippen molar-refractivity contribution >= 4 is 22.8 Å². The molecule has 0 aromatic heterocycles. The van der Waals surface area contributed by atoms with Crippen LogP contribution in [-0.2, 0) is 11.0 Å². The number of halogens is 3. The molecule has 0 saturated carbocycles. The van der Waals surface area contributed by atoms with E-state index in [1.807, 2.05) is 0 Å². The number of hydrogen-bond donors (Lipinski definition) is 1. The highest BCUT2D eigenvalue weighted by molar-refractivity contribution is 8.13. The summed E-state index contributed by atoms with van der Waals surface area (Å²) in [6, 6.07) is 2.83. The van der Waals surface area contributed by atoms with Gasteiger partial charge < -0.3 is 5.11 Å². The van der Waals surface area contributed by atoms with Gasteiger partial charge in [0.05, 0.1) is 11.1 Å². The first-order valence-electron chi connectivity index (χ1n) is 5.78. The zero-order valence-electron chi connectivity index (χ0n) is 11.0. The molecule has 0 bridgehead atoms. The first-order chi connectivity index (χ1) is 9.71. The fourth-order valence-electron chi connectivity index (χ4n) is 1.45. The minimum absolute atomic E-state index is 0.0537. The Morgan fingerprint density at radius 2 is 2.00 bits per heavy atom. The summed E-state index contributed by atoms with van der Waals surface area (Å²) in [4.78, 5) is 21.4. The van der Waals surface area contributed by atoms with E-state index < -0.39 is 23.3 Å². The second-order valence-corrected chi connectivity index (χ2v) is 5.23. The van der Waals surface area contributed by atoms with Crippen molar-refractivity contribution in [3.8, 4) is 11.8 Å². The van der Waals surface area contributed by atoms with Crippen LogP contribution in [-0.4, -0.2) is 21.9 Å². The van der Waals surface area contributed by atoms with Crippen molar-refractivity contribution in [2.24, 2.45) is 0 Å². The van der Waals surface area contributed by atoms with Crippen molar-refractivity contribution in [1.29, 1.82) is 0 Å². The van der Waals surface area contributed by atoms with E-state index >= 15 is 0 Å². The third-order valence-electron chi connectivity index (χ3n) is 2.32. The van der Waals surface area contributed by atoms with E-state index in [-0.39, 0.29) is 10.7 Å². The second kappa shape index (κ2) is 7.18. The number of benzene rings is 1. The molecule has 1 aromatic carbocycles. The number of carbonyl (C=O) groups excluding carboxylic acids is 1. The van der Waals surface area contributed by atoms with Crippen molar-refractivity contribution in [2.75, 3.05) is 5.75 Å².